The van der Waals surface area contributed by atoms with Crippen molar-refractivity contribution >= 4 is 57.7 Å². The number of hydrogen-bond donors (Lipinski definition) is 4. The summed E-state index contributed by atoms with van der Waals surface area (Å²) in [7, 11) is 0. The summed E-state index contributed by atoms with van der Waals surface area (Å²) in [5, 5.41) is 0. The van der Waals surface area contributed by atoms with E-state index in [-0.39, 0.29) is 0 Å². The number of nitrogen functional groups attached to an aromatic ring is 2. The Morgan fingerprint density at radius 3 is 0.950 bits per heavy atom. The van der Waals surface area contributed by atoms with Gasteiger partial charge in [0.2, 0.25) is 0 Å². The highest BCUT2D eigenvalue weighted by Gasteiger charge is 2.23. The standard InChI is InChI=1S/C54H52N6/c1-27-19-29(3)47(30(4)20-27)51-43-15-11-39(57-43)49(37-23-33(7)53(55)34(8)24-37)41-13-17-45(59-41)52(48-31(5)21-28(2)22-32(48)6)46-18-14-42(60-46)50(40-12-16-44(51)58-40)38-25-35(9)54(56)36(10)26-38/h11-26,57-58H,55-56H2,1-10H3. The zero-order valence-corrected chi connectivity index (χ0v) is 36.3. The molecule has 8 bridgehead atoms. The van der Waals surface area contributed by atoms with E-state index >= 15 is 0 Å². The fourth-order valence-corrected chi connectivity index (χ4v) is 9.73. The molecule has 6 nitrogen and oxygen atoms in total. The molecular weight excluding hydrogens is 733 g/mol. The Hall–Kier alpha value is -6.92. The molecule has 0 aliphatic carbocycles. The summed E-state index contributed by atoms with van der Waals surface area (Å²) in [4.78, 5) is 19.0. The lowest BCUT2D eigenvalue weighted by Gasteiger charge is -2.14. The number of aromatic amines is 2. The van der Waals surface area contributed by atoms with E-state index < -0.39 is 0 Å². The predicted molar refractivity (Wildman–Crippen MR) is 257 cm³/mol. The molecule has 3 aromatic heterocycles. The van der Waals surface area contributed by atoms with Crippen molar-refractivity contribution in [3.63, 3.8) is 0 Å². The van der Waals surface area contributed by atoms with Gasteiger partial charge in [-0.15, -0.1) is 0 Å². The largest absolute Gasteiger partial charge is 0.398 e. The summed E-state index contributed by atoms with van der Waals surface area (Å²) in [6, 6.07) is 26.6. The summed E-state index contributed by atoms with van der Waals surface area (Å²) in [5.41, 5.74) is 42.1. The molecule has 0 radical (unpaired) electrons. The first-order valence-corrected chi connectivity index (χ1v) is 20.7. The Morgan fingerprint density at radius 1 is 0.333 bits per heavy atom. The molecule has 0 fully saturated rings. The van der Waals surface area contributed by atoms with E-state index in [9.17, 15) is 0 Å². The van der Waals surface area contributed by atoms with Crippen LogP contribution in [0.15, 0.2) is 72.8 Å². The van der Waals surface area contributed by atoms with Gasteiger partial charge in [0.05, 0.1) is 22.8 Å². The van der Waals surface area contributed by atoms with Crippen LogP contribution in [0.5, 0.6) is 0 Å². The van der Waals surface area contributed by atoms with Gasteiger partial charge >= 0.3 is 0 Å². The highest BCUT2D eigenvalue weighted by molar-refractivity contribution is 6.01. The number of hydrogen-bond acceptors (Lipinski definition) is 4. The maximum absolute atomic E-state index is 6.56. The van der Waals surface area contributed by atoms with Gasteiger partial charge < -0.3 is 21.4 Å². The first-order valence-electron chi connectivity index (χ1n) is 20.7. The van der Waals surface area contributed by atoms with Gasteiger partial charge in [0.15, 0.2) is 0 Å². The average Bonchev–Trinajstić information content (AvgIpc) is 4.02. The topological polar surface area (TPSA) is 109 Å². The zero-order chi connectivity index (χ0) is 42.3. The van der Waals surface area contributed by atoms with Gasteiger partial charge in [-0.3, -0.25) is 0 Å². The van der Waals surface area contributed by atoms with Crippen LogP contribution in [-0.2, 0) is 0 Å². The van der Waals surface area contributed by atoms with Crippen molar-refractivity contribution in [2.24, 2.45) is 0 Å². The van der Waals surface area contributed by atoms with E-state index in [1.165, 1.54) is 38.9 Å². The van der Waals surface area contributed by atoms with Crippen LogP contribution in [0.1, 0.15) is 78.4 Å². The third-order valence-electron chi connectivity index (χ3n) is 12.4. The van der Waals surface area contributed by atoms with Crippen molar-refractivity contribution in [2.75, 3.05) is 11.5 Å². The van der Waals surface area contributed by atoms with E-state index in [4.69, 9.17) is 21.4 Å². The Kier molecular flexibility index (Phi) is 9.27. The van der Waals surface area contributed by atoms with Crippen LogP contribution in [0, 0.1) is 69.2 Å². The molecule has 6 heteroatoms. The summed E-state index contributed by atoms with van der Waals surface area (Å²) in [6.45, 7) is 21.4. The van der Waals surface area contributed by atoms with Crippen LogP contribution < -0.4 is 11.5 Å². The first-order chi connectivity index (χ1) is 28.7. The third kappa shape index (κ3) is 6.44. The zero-order valence-electron chi connectivity index (χ0n) is 36.3. The van der Waals surface area contributed by atoms with Crippen LogP contribution in [0.2, 0.25) is 0 Å². The maximum Gasteiger partial charge on any atom is 0.0738 e. The van der Waals surface area contributed by atoms with Gasteiger partial charge in [-0.25, -0.2) is 9.97 Å². The Balaban J connectivity index is 1.53. The number of rotatable bonds is 4. The van der Waals surface area contributed by atoms with Crippen molar-refractivity contribution in [3.05, 3.63) is 151 Å². The van der Waals surface area contributed by atoms with Crippen molar-refractivity contribution in [3.8, 4) is 44.5 Å². The molecule has 298 valence electrons. The van der Waals surface area contributed by atoms with E-state index in [0.29, 0.717) is 0 Å². The van der Waals surface area contributed by atoms with Crippen molar-refractivity contribution in [1.29, 1.82) is 0 Å². The minimum Gasteiger partial charge on any atom is -0.398 e. The fourth-order valence-electron chi connectivity index (χ4n) is 9.73. The number of benzene rings is 4. The number of fused-ring (bicyclic) bond motifs is 8. The molecular formula is C54H52N6. The summed E-state index contributed by atoms with van der Waals surface area (Å²) in [5.74, 6) is 0. The van der Waals surface area contributed by atoms with Crippen molar-refractivity contribution in [1.82, 2.24) is 19.9 Å². The number of nitrogens with zero attached hydrogens (tertiary/aromatic N) is 2. The summed E-state index contributed by atoms with van der Waals surface area (Å²) < 4.78 is 0. The molecule has 0 unspecified atom stereocenters. The van der Waals surface area contributed by atoms with Crippen molar-refractivity contribution < 1.29 is 0 Å². The smallest absolute Gasteiger partial charge is 0.0738 e. The maximum atomic E-state index is 6.56. The Labute approximate surface area is 352 Å². The number of nitrogens with two attached hydrogens (primary N) is 2. The van der Waals surface area contributed by atoms with Gasteiger partial charge in [0.1, 0.15) is 0 Å². The lowest BCUT2D eigenvalue weighted by Crippen LogP contribution is -1.97. The number of aryl methyl sites for hydroxylation is 10. The fraction of sp³-hybridized carbons (Fsp3) is 0.185. The molecule has 7 aromatic rings. The Bertz CT molecular complexity index is 2970. The average molecular weight is 785 g/mol. The van der Waals surface area contributed by atoms with Gasteiger partial charge in [-0.2, -0.15) is 0 Å². The molecule has 0 amide bonds. The number of H-pyrrole nitrogens is 2. The minimum atomic E-state index is 0.805. The van der Waals surface area contributed by atoms with Gasteiger partial charge in [0, 0.05) is 55.7 Å². The first kappa shape index (κ1) is 38.6. The van der Waals surface area contributed by atoms with E-state index in [0.717, 1.165) is 117 Å². The van der Waals surface area contributed by atoms with Crippen LogP contribution in [0.3, 0.4) is 0 Å². The van der Waals surface area contributed by atoms with E-state index in [1.54, 1.807) is 0 Å². The molecule has 5 heterocycles. The Morgan fingerprint density at radius 2 is 0.617 bits per heavy atom. The molecule has 0 atom stereocenters. The van der Waals surface area contributed by atoms with Gasteiger partial charge in [-0.1, -0.05) is 35.4 Å². The second-order valence-corrected chi connectivity index (χ2v) is 17.1. The summed E-state index contributed by atoms with van der Waals surface area (Å²) >= 11 is 0. The molecule has 60 heavy (non-hydrogen) atoms. The highest BCUT2D eigenvalue weighted by atomic mass is 14.8. The molecule has 6 N–H and O–H groups in total. The minimum absolute atomic E-state index is 0.805. The molecule has 0 spiro atoms. The van der Waals surface area contributed by atoms with Crippen LogP contribution >= 0.6 is 0 Å². The monoisotopic (exact) mass is 784 g/mol. The van der Waals surface area contributed by atoms with E-state index in [1.807, 2.05) is 0 Å². The molecule has 0 saturated carbocycles. The lowest BCUT2D eigenvalue weighted by atomic mass is 9.92. The second-order valence-electron chi connectivity index (χ2n) is 17.1. The van der Waals surface area contributed by atoms with E-state index in [2.05, 4.69) is 176 Å². The van der Waals surface area contributed by atoms with Gasteiger partial charge in [0.25, 0.3) is 0 Å². The predicted octanol–water partition coefficient (Wildman–Crippen LogP) is 13.6. The van der Waals surface area contributed by atoms with Gasteiger partial charge in [-0.05, 0) is 209 Å². The summed E-state index contributed by atoms with van der Waals surface area (Å²) in [6.07, 6.45) is 8.61. The molecule has 0 saturated heterocycles. The number of nitrogens with one attached hydrogen (secondary N) is 2. The quantitative estimate of drug-likeness (QED) is 0.133. The molecule has 9 rings (SSSR count). The second kappa shape index (κ2) is 14.4. The lowest BCUT2D eigenvalue weighted by molar-refractivity contribution is 1.25. The highest BCUT2D eigenvalue weighted by Crippen LogP contribution is 2.42. The molecule has 2 aliphatic heterocycles. The van der Waals surface area contributed by atoms with Crippen molar-refractivity contribution in [2.45, 2.75) is 69.2 Å². The SMILES string of the molecule is Cc1cc(C)c(-c2c3nc(c(-c4cc(C)c(N)c(C)c4)c4ccc([nH]4)c(-c4c(C)cc(C)cc4C)c4ccc([nH]4)c(-c4cc(C)c(N)c(C)c4)c4nc2C=C4)C=C3)c(C)c1. The third-order valence-corrected chi connectivity index (χ3v) is 12.4. The molecule has 4 aromatic carbocycles. The normalized spacial score (nSPS) is 12.2. The van der Waals surface area contributed by atoms with Crippen LogP contribution in [0.4, 0.5) is 11.4 Å². The molecule has 2 aliphatic rings. The number of anilines is 2. The number of aromatic nitrogens is 4. The van der Waals surface area contributed by atoms with Crippen LogP contribution in [0.25, 0.3) is 90.9 Å². The van der Waals surface area contributed by atoms with Crippen LogP contribution in [-0.4, -0.2) is 19.9 Å².